The van der Waals surface area contributed by atoms with Crippen molar-refractivity contribution in [1.82, 2.24) is 0 Å². The summed E-state index contributed by atoms with van der Waals surface area (Å²) in [6.45, 7) is 0. The third-order valence-electron chi connectivity index (χ3n) is 0.283. The maximum absolute atomic E-state index is 10.7. The van der Waals surface area contributed by atoms with Gasteiger partial charge in [-0.3, -0.25) is 0 Å². The molecule has 0 saturated carbocycles. The van der Waals surface area contributed by atoms with E-state index in [1.807, 2.05) is 0 Å². The van der Waals surface area contributed by atoms with E-state index < -0.39 is 15.6 Å². The van der Waals surface area contributed by atoms with Gasteiger partial charge in [0, 0.05) is 0 Å². The molecule has 0 aliphatic heterocycles. The smallest absolute Gasteiger partial charge is 0.741 e. The second-order valence-electron chi connectivity index (χ2n) is 0.900. The first kappa shape index (κ1) is 16.8. The van der Waals surface area contributed by atoms with Crippen LogP contribution in [0.5, 0.6) is 0 Å². The molecule has 68 valence electrons. The van der Waals surface area contributed by atoms with Crippen molar-refractivity contribution < 1.29 is 48.5 Å². The van der Waals surface area contributed by atoms with E-state index in [0.717, 1.165) is 0 Å². The molecule has 0 heterocycles. The summed E-state index contributed by atoms with van der Waals surface area (Å²) in [6, 6.07) is 0. The van der Waals surface area contributed by atoms with Crippen LogP contribution in [0.3, 0.4) is 0 Å². The number of rotatable bonds is 0. The van der Waals surface area contributed by atoms with Crippen LogP contribution in [0.2, 0.25) is 0 Å². The molecule has 0 bridgehead atoms. The van der Waals surface area contributed by atoms with Gasteiger partial charge < -0.3 is 12.0 Å². The minimum atomic E-state index is -6.09. The quantitative estimate of drug-likeness (QED) is 0.279. The number of halogens is 3. The zero-order valence-electron chi connectivity index (χ0n) is 4.57. The first-order valence-corrected chi connectivity index (χ1v) is 2.68. The van der Waals surface area contributed by atoms with Crippen molar-refractivity contribution in [3.63, 3.8) is 0 Å². The second kappa shape index (κ2) is 4.35. The normalized spacial score (nSPS) is 11.2. The standard InChI is InChI=1S/CHF3O3S.CH3.Ag/c2-1(3,4)8(5,6)7;;/h(H,5,6,7);1H3;/q;-1;+1/p-1. The van der Waals surface area contributed by atoms with E-state index in [9.17, 15) is 13.2 Å². The van der Waals surface area contributed by atoms with Gasteiger partial charge in [-0.2, -0.15) is 13.2 Å². The van der Waals surface area contributed by atoms with Gasteiger partial charge in [-0.25, -0.2) is 8.42 Å². The molecule has 3 nitrogen and oxygen atoms in total. The Kier molecular flexibility index (Phi) is 7.30. The van der Waals surface area contributed by atoms with Gasteiger partial charge in [0.15, 0.2) is 10.1 Å². The molecule has 0 aliphatic rings. The second-order valence-corrected chi connectivity index (χ2v) is 2.27. The van der Waals surface area contributed by atoms with Crippen molar-refractivity contribution in [2.24, 2.45) is 0 Å². The maximum Gasteiger partial charge on any atom is 1.00 e. The van der Waals surface area contributed by atoms with Crippen molar-refractivity contribution in [2.45, 2.75) is 5.51 Å². The zero-order chi connectivity index (χ0) is 7.00. The molecule has 0 amide bonds. The fourth-order valence-corrected chi connectivity index (χ4v) is 0. The molecular formula is C2H3AgF3O3S-. The van der Waals surface area contributed by atoms with Gasteiger partial charge in [0.1, 0.15) is 0 Å². The Morgan fingerprint density at radius 2 is 1.30 bits per heavy atom. The van der Waals surface area contributed by atoms with Gasteiger partial charge in [0.05, 0.1) is 0 Å². The van der Waals surface area contributed by atoms with Crippen LogP contribution in [0, 0.1) is 7.43 Å². The average molecular weight is 272 g/mol. The van der Waals surface area contributed by atoms with Crippen LogP contribution in [0.1, 0.15) is 0 Å². The average Bonchev–Trinajstić information content (AvgIpc) is 1.25. The molecule has 0 aliphatic carbocycles. The molecule has 0 spiro atoms. The van der Waals surface area contributed by atoms with Gasteiger partial charge in [0.2, 0.25) is 0 Å². The van der Waals surface area contributed by atoms with E-state index in [0.29, 0.717) is 0 Å². The van der Waals surface area contributed by atoms with Crippen molar-refractivity contribution in [1.29, 1.82) is 0 Å². The molecule has 0 aromatic carbocycles. The summed E-state index contributed by atoms with van der Waals surface area (Å²) >= 11 is 0. The molecule has 0 atom stereocenters. The van der Waals surface area contributed by atoms with Crippen LogP contribution in [0.25, 0.3) is 0 Å². The van der Waals surface area contributed by atoms with Crippen molar-refractivity contribution in [3.8, 4) is 0 Å². The largest absolute Gasteiger partial charge is 1.00 e. The molecule has 10 heavy (non-hydrogen) atoms. The monoisotopic (exact) mass is 271 g/mol. The molecule has 0 radical (unpaired) electrons. The molecular weight excluding hydrogens is 269 g/mol. The molecule has 0 fully saturated rings. The Morgan fingerprint density at radius 3 is 1.30 bits per heavy atom. The van der Waals surface area contributed by atoms with E-state index in [-0.39, 0.29) is 29.8 Å². The van der Waals surface area contributed by atoms with Gasteiger partial charge in [0.25, 0.3) is 0 Å². The minimum absolute atomic E-state index is 0. The third kappa shape index (κ3) is 5.24. The Morgan fingerprint density at radius 1 is 1.20 bits per heavy atom. The molecule has 0 rings (SSSR count). The fraction of sp³-hybridized carbons (Fsp3) is 0.500. The summed E-state index contributed by atoms with van der Waals surface area (Å²) in [5.41, 5.74) is -5.65. The van der Waals surface area contributed by atoms with Crippen LogP contribution >= 0.6 is 0 Å². The van der Waals surface area contributed by atoms with Crippen LogP contribution in [-0.4, -0.2) is 18.5 Å². The van der Waals surface area contributed by atoms with E-state index in [1.165, 1.54) is 0 Å². The molecule has 0 saturated heterocycles. The predicted molar refractivity (Wildman–Crippen MR) is 22.2 cm³/mol. The molecule has 0 aromatic rings. The van der Waals surface area contributed by atoms with Crippen molar-refractivity contribution in [3.05, 3.63) is 7.43 Å². The van der Waals surface area contributed by atoms with Crippen LogP contribution in [0.15, 0.2) is 0 Å². The topological polar surface area (TPSA) is 57.2 Å². The zero-order valence-corrected chi connectivity index (χ0v) is 6.87. The first-order valence-electron chi connectivity index (χ1n) is 1.27. The summed E-state index contributed by atoms with van der Waals surface area (Å²) in [5, 5.41) is 0. The van der Waals surface area contributed by atoms with E-state index in [1.54, 1.807) is 0 Å². The Balaban J connectivity index is -0.000000245. The van der Waals surface area contributed by atoms with E-state index in [2.05, 4.69) is 0 Å². The molecule has 0 unspecified atom stereocenters. The summed E-state index contributed by atoms with van der Waals surface area (Å²) < 4.78 is 58.9. The van der Waals surface area contributed by atoms with Gasteiger partial charge in [-0.1, -0.05) is 0 Å². The Hall–Kier alpha value is 0.440. The van der Waals surface area contributed by atoms with Gasteiger partial charge in [-0.05, 0) is 0 Å². The molecule has 8 heteroatoms. The summed E-state index contributed by atoms with van der Waals surface area (Å²) in [7, 11) is -6.09. The van der Waals surface area contributed by atoms with Crippen LogP contribution in [0.4, 0.5) is 13.2 Å². The van der Waals surface area contributed by atoms with Crippen LogP contribution in [-0.2, 0) is 32.5 Å². The number of alkyl halides is 3. The van der Waals surface area contributed by atoms with Gasteiger partial charge in [-0.15, -0.1) is 0 Å². The predicted octanol–water partition coefficient (Wildman–Crippen LogP) is 0.499. The fourth-order valence-electron chi connectivity index (χ4n) is 0. The van der Waals surface area contributed by atoms with Gasteiger partial charge >= 0.3 is 27.9 Å². The number of hydrogen-bond acceptors (Lipinski definition) is 3. The molecule has 0 aromatic heterocycles. The van der Waals surface area contributed by atoms with Crippen molar-refractivity contribution >= 4 is 10.1 Å². The Bertz CT molecular complexity index is 171. The third-order valence-corrected chi connectivity index (χ3v) is 0.850. The summed E-state index contributed by atoms with van der Waals surface area (Å²) in [5.74, 6) is 0. The summed E-state index contributed by atoms with van der Waals surface area (Å²) in [4.78, 5) is 0. The van der Waals surface area contributed by atoms with Crippen LogP contribution < -0.4 is 0 Å². The molecule has 0 N–H and O–H groups in total. The number of hydrogen-bond donors (Lipinski definition) is 0. The first-order chi connectivity index (χ1) is 3.25. The maximum atomic E-state index is 10.7. The Labute approximate surface area is 71.9 Å². The van der Waals surface area contributed by atoms with E-state index in [4.69, 9.17) is 13.0 Å². The van der Waals surface area contributed by atoms with E-state index >= 15 is 0 Å². The summed E-state index contributed by atoms with van der Waals surface area (Å²) in [6.07, 6.45) is 0. The van der Waals surface area contributed by atoms with Crippen molar-refractivity contribution in [2.75, 3.05) is 0 Å². The minimum Gasteiger partial charge on any atom is -0.741 e. The SMILES string of the molecule is O=S(=O)([O-])C(F)(F)F.[Ag+].[CH3-].